The lowest BCUT2D eigenvalue weighted by atomic mass is 10.0. The van der Waals surface area contributed by atoms with Crippen LogP contribution in [0.5, 0.6) is 0 Å². The first-order valence-corrected chi connectivity index (χ1v) is 6.99. The number of aromatic nitrogens is 2. The molecule has 1 aromatic heterocycles. The van der Waals surface area contributed by atoms with Crippen molar-refractivity contribution in [3.8, 4) is 0 Å². The van der Waals surface area contributed by atoms with Crippen molar-refractivity contribution in [3.63, 3.8) is 0 Å². The minimum atomic E-state index is -0.387. The summed E-state index contributed by atoms with van der Waals surface area (Å²) in [5.41, 5.74) is 1.67. The molecule has 0 aromatic carbocycles. The largest absolute Gasteiger partial charge is 0.394 e. The van der Waals surface area contributed by atoms with Crippen LogP contribution < -0.4 is 5.69 Å². The molecule has 1 aliphatic heterocycles. The van der Waals surface area contributed by atoms with Crippen LogP contribution in [0.1, 0.15) is 36.2 Å². The zero-order chi connectivity index (χ0) is 14.7. The minimum Gasteiger partial charge on any atom is -0.394 e. The molecule has 0 aliphatic carbocycles. The minimum absolute atomic E-state index is 0.00752. The Morgan fingerprint density at radius 1 is 1.45 bits per heavy atom. The van der Waals surface area contributed by atoms with Crippen LogP contribution in [0.25, 0.3) is 0 Å². The van der Waals surface area contributed by atoms with E-state index in [9.17, 15) is 14.7 Å². The maximum atomic E-state index is 12.4. The van der Waals surface area contributed by atoms with Gasteiger partial charge in [-0.15, -0.1) is 0 Å². The number of hydrogen-bond donors (Lipinski definition) is 2. The predicted molar refractivity (Wildman–Crippen MR) is 74.5 cm³/mol. The molecule has 6 nitrogen and oxygen atoms in total. The maximum Gasteiger partial charge on any atom is 0.345 e. The Balaban J connectivity index is 2.17. The molecule has 0 bridgehead atoms. The zero-order valence-electron chi connectivity index (χ0n) is 12.0. The van der Waals surface area contributed by atoms with E-state index < -0.39 is 0 Å². The monoisotopic (exact) mass is 279 g/mol. The lowest BCUT2D eigenvalue weighted by molar-refractivity contribution is -0.135. The number of likely N-dealkylation sites (tertiary alicyclic amines) is 1. The third-order valence-corrected chi connectivity index (χ3v) is 3.94. The summed E-state index contributed by atoms with van der Waals surface area (Å²) in [6.45, 7) is 4.22. The van der Waals surface area contributed by atoms with Crippen molar-refractivity contribution in [2.75, 3.05) is 13.2 Å². The molecule has 2 N–H and O–H groups in total. The SMILES string of the molecule is Cc1nc(=O)[nH]c(C)c1CC(=O)N1CCCCC1CO. The number of amides is 1. The van der Waals surface area contributed by atoms with Gasteiger partial charge in [-0.3, -0.25) is 4.79 Å². The van der Waals surface area contributed by atoms with Gasteiger partial charge in [-0.25, -0.2) is 4.79 Å². The summed E-state index contributed by atoms with van der Waals surface area (Å²) in [5, 5.41) is 9.37. The van der Waals surface area contributed by atoms with Crippen LogP contribution in [0.2, 0.25) is 0 Å². The third-order valence-electron chi connectivity index (χ3n) is 3.94. The smallest absolute Gasteiger partial charge is 0.345 e. The molecule has 1 atom stereocenters. The van der Waals surface area contributed by atoms with Crippen molar-refractivity contribution < 1.29 is 9.90 Å². The number of nitrogens with one attached hydrogen (secondary N) is 1. The molecule has 1 unspecified atom stereocenters. The van der Waals surface area contributed by atoms with E-state index in [-0.39, 0.29) is 30.7 Å². The van der Waals surface area contributed by atoms with E-state index in [4.69, 9.17) is 0 Å². The second kappa shape index (κ2) is 6.17. The quantitative estimate of drug-likeness (QED) is 0.833. The Morgan fingerprint density at radius 2 is 2.20 bits per heavy atom. The van der Waals surface area contributed by atoms with Crippen molar-refractivity contribution in [1.29, 1.82) is 0 Å². The van der Waals surface area contributed by atoms with Crippen LogP contribution in [-0.2, 0) is 11.2 Å². The molecule has 1 aliphatic rings. The topological polar surface area (TPSA) is 86.3 Å². The Hall–Kier alpha value is -1.69. The van der Waals surface area contributed by atoms with Gasteiger partial charge in [0.05, 0.1) is 19.1 Å². The van der Waals surface area contributed by atoms with Crippen molar-refractivity contribution in [2.24, 2.45) is 0 Å². The standard InChI is InChI=1S/C14H21N3O3/c1-9-12(10(2)16-14(20)15-9)7-13(19)17-6-4-3-5-11(17)8-18/h11,18H,3-8H2,1-2H3,(H,15,16,20). The number of piperidine rings is 1. The van der Waals surface area contributed by atoms with Gasteiger partial charge in [-0.05, 0) is 33.1 Å². The van der Waals surface area contributed by atoms with Crippen LogP contribution in [0.3, 0.4) is 0 Å². The molecule has 0 spiro atoms. The number of carbonyl (C=O) groups excluding carboxylic acids is 1. The Labute approximate surface area is 117 Å². The van der Waals surface area contributed by atoms with E-state index in [2.05, 4.69) is 9.97 Å². The Bertz CT molecular complexity index is 527. The van der Waals surface area contributed by atoms with E-state index in [1.54, 1.807) is 18.7 Å². The number of carbonyl (C=O) groups is 1. The van der Waals surface area contributed by atoms with Gasteiger partial charge in [0, 0.05) is 23.5 Å². The molecule has 6 heteroatoms. The molecule has 1 saturated heterocycles. The van der Waals surface area contributed by atoms with Crippen molar-refractivity contribution in [3.05, 3.63) is 27.4 Å². The summed E-state index contributed by atoms with van der Waals surface area (Å²) >= 11 is 0. The van der Waals surface area contributed by atoms with E-state index in [1.165, 1.54) is 0 Å². The summed E-state index contributed by atoms with van der Waals surface area (Å²) in [6.07, 6.45) is 3.10. The number of nitrogens with zero attached hydrogens (tertiary/aromatic N) is 2. The highest BCUT2D eigenvalue weighted by atomic mass is 16.3. The van der Waals surface area contributed by atoms with Gasteiger partial charge in [-0.2, -0.15) is 4.98 Å². The predicted octanol–water partition coefficient (Wildman–Crippen LogP) is 0.303. The first-order valence-electron chi connectivity index (χ1n) is 6.99. The summed E-state index contributed by atoms with van der Waals surface area (Å²) in [5.74, 6) is -0.0104. The second-order valence-corrected chi connectivity index (χ2v) is 5.33. The fourth-order valence-corrected chi connectivity index (χ4v) is 2.79. The number of aryl methyl sites for hydroxylation is 2. The molecule has 20 heavy (non-hydrogen) atoms. The van der Waals surface area contributed by atoms with Crippen molar-refractivity contribution >= 4 is 5.91 Å². The Kier molecular flexibility index (Phi) is 4.54. The molecule has 0 radical (unpaired) electrons. The number of aliphatic hydroxyl groups excluding tert-OH is 1. The highest BCUT2D eigenvalue weighted by Crippen LogP contribution is 2.19. The second-order valence-electron chi connectivity index (χ2n) is 5.33. The van der Waals surface area contributed by atoms with E-state index in [1.807, 2.05) is 0 Å². The van der Waals surface area contributed by atoms with Crippen LogP contribution >= 0.6 is 0 Å². The molecule has 2 rings (SSSR count). The average Bonchev–Trinajstić information content (AvgIpc) is 2.42. The highest BCUT2D eigenvalue weighted by molar-refractivity contribution is 5.79. The van der Waals surface area contributed by atoms with Crippen LogP contribution in [0.4, 0.5) is 0 Å². The van der Waals surface area contributed by atoms with Gasteiger partial charge < -0.3 is 15.0 Å². The van der Waals surface area contributed by atoms with Gasteiger partial charge >= 0.3 is 5.69 Å². The summed E-state index contributed by atoms with van der Waals surface area (Å²) in [4.78, 5) is 31.9. The van der Waals surface area contributed by atoms with Gasteiger partial charge in [-0.1, -0.05) is 0 Å². The summed E-state index contributed by atoms with van der Waals surface area (Å²) in [6, 6.07) is -0.0763. The number of aliphatic hydroxyl groups is 1. The lowest BCUT2D eigenvalue weighted by Gasteiger charge is -2.34. The number of hydrogen-bond acceptors (Lipinski definition) is 4. The van der Waals surface area contributed by atoms with E-state index >= 15 is 0 Å². The Morgan fingerprint density at radius 3 is 2.85 bits per heavy atom. The lowest BCUT2D eigenvalue weighted by Crippen LogP contribution is -2.46. The van der Waals surface area contributed by atoms with Crippen molar-refractivity contribution in [2.45, 2.75) is 45.6 Å². The summed E-state index contributed by atoms with van der Waals surface area (Å²) in [7, 11) is 0. The molecular weight excluding hydrogens is 258 g/mol. The van der Waals surface area contributed by atoms with Crippen LogP contribution in [-0.4, -0.2) is 45.1 Å². The van der Waals surface area contributed by atoms with Crippen molar-refractivity contribution in [1.82, 2.24) is 14.9 Å². The average molecular weight is 279 g/mol. The fraction of sp³-hybridized carbons (Fsp3) is 0.643. The molecule has 1 fully saturated rings. The molecule has 110 valence electrons. The fourth-order valence-electron chi connectivity index (χ4n) is 2.79. The first kappa shape index (κ1) is 14.7. The number of aromatic amines is 1. The van der Waals surface area contributed by atoms with Crippen LogP contribution in [0, 0.1) is 13.8 Å². The first-order chi connectivity index (χ1) is 9.52. The van der Waals surface area contributed by atoms with Gasteiger partial charge in [0.1, 0.15) is 0 Å². The number of H-pyrrole nitrogens is 1. The van der Waals surface area contributed by atoms with Gasteiger partial charge in [0.15, 0.2) is 0 Å². The molecule has 2 heterocycles. The van der Waals surface area contributed by atoms with E-state index in [0.29, 0.717) is 17.9 Å². The van der Waals surface area contributed by atoms with Gasteiger partial charge in [0.2, 0.25) is 5.91 Å². The molecule has 1 amide bonds. The maximum absolute atomic E-state index is 12.4. The molecule has 0 saturated carbocycles. The highest BCUT2D eigenvalue weighted by Gasteiger charge is 2.26. The summed E-state index contributed by atoms with van der Waals surface area (Å²) < 4.78 is 0. The van der Waals surface area contributed by atoms with Gasteiger partial charge in [0.25, 0.3) is 0 Å². The zero-order valence-corrected chi connectivity index (χ0v) is 12.0. The molecule has 1 aromatic rings. The van der Waals surface area contributed by atoms with Crippen LogP contribution in [0.15, 0.2) is 4.79 Å². The van der Waals surface area contributed by atoms with E-state index in [0.717, 1.165) is 24.8 Å². The normalized spacial score (nSPS) is 19.1. The third kappa shape index (κ3) is 3.07. The number of rotatable bonds is 3. The molecular formula is C14H21N3O3.